The number of piperazine rings is 1. The van der Waals surface area contributed by atoms with Crippen LogP contribution >= 0.6 is 11.6 Å². The van der Waals surface area contributed by atoms with E-state index in [2.05, 4.69) is 20.3 Å². The Morgan fingerprint density at radius 1 is 0.912 bits per heavy atom. The molecule has 2 aromatic carbocycles. The van der Waals surface area contributed by atoms with E-state index in [1.54, 1.807) is 34.6 Å². The van der Waals surface area contributed by atoms with E-state index < -0.39 is 29.7 Å². The minimum absolute atomic E-state index is 0.0485. The van der Waals surface area contributed by atoms with E-state index in [4.69, 9.17) is 26.2 Å². The number of hydrogen-bond acceptors (Lipinski definition) is 8. The number of halogens is 6. The minimum atomic E-state index is -5.08. The van der Waals surface area contributed by atoms with Gasteiger partial charge in [-0.15, -0.1) is 0 Å². The first-order chi connectivity index (χ1) is 27.0. The number of carbonyl (C=O) groups excluding carboxylic acids is 3. The molecule has 0 bridgehead atoms. The van der Waals surface area contributed by atoms with Crippen LogP contribution in [0.3, 0.4) is 0 Å². The lowest BCUT2D eigenvalue weighted by Crippen LogP contribution is -2.52. The summed E-state index contributed by atoms with van der Waals surface area (Å²) in [6.07, 6.45) is -0.0555. The maximum Gasteiger partial charge on any atom is 0.490 e. The third-order valence-electron chi connectivity index (χ3n) is 9.63. The van der Waals surface area contributed by atoms with Crippen molar-refractivity contribution in [2.75, 3.05) is 64.8 Å². The molecule has 2 N–H and O–H groups in total. The number of amides is 3. The van der Waals surface area contributed by atoms with E-state index in [1.165, 1.54) is 48.3 Å². The highest BCUT2D eigenvalue weighted by Crippen LogP contribution is 2.33. The number of carboxylic acid groups (broad SMARTS) is 1. The third kappa shape index (κ3) is 9.95. The summed E-state index contributed by atoms with van der Waals surface area (Å²) in [6, 6.07) is 7.49. The molecule has 2 saturated heterocycles. The molecule has 4 aromatic rings. The summed E-state index contributed by atoms with van der Waals surface area (Å²) in [6.45, 7) is 6.68. The Bertz CT molecular complexity index is 2130. The molecular formula is C37H40ClF5N8O6. The quantitative estimate of drug-likeness (QED) is 0.208. The number of anilines is 1. The van der Waals surface area contributed by atoms with Crippen LogP contribution in [0.25, 0.3) is 22.4 Å². The average Bonchev–Trinajstić information content (AvgIpc) is 3.92. The Hall–Kier alpha value is -5.40. The number of aliphatic carboxylic acids is 1. The first kappa shape index (κ1) is 42.7. The van der Waals surface area contributed by atoms with Gasteiger partial charge in [0.05, 0.1) is 48.4 Å². The molecular weight excluding hydrogens is 783 g/mol. The van der Waals surface area contributed by atoms with E-state index in [1.807, 2.05) is 0 Å². The monoisotopic (exact) mass is 822 g/mol. The fourth-order valence-electron chi connectivity index (χ4n) is 6.45. The topological polar surface area (TPSA) is 155 Å². The Labute approximate surface area is 328 Å². The van der Waals surface area contributed by atoms with Crippen LogP contribution in [0.5, 0.6) is 0 Å². The molecule has 2 aliphatic heterocycles. The summed E-state index contributed by atoms with van der Waals surface area (Å²) in [5, 5.41) is 14.3. The highest BCUT2D eigenvalue weighted by atomic mass is 35.5. The number of imidazole rings is 1. The van der Waals surface area contributed by atoms with Gasteiger partial charge in [-0.1, -0.05) is 17.7 Å². The number of methoxy groups -OCH3 is 1. The molecule has 0 unspecified atom stereocenters. The zero-order chi connectivity index (χ0) is 41.6. The number of likely N-dealkylation sites (tertiary alicyclic amines) is 1. The summed E-state index contributed by atoms with van der Waals surface area (Å²) >= 11 is 6.51. The van der Waals surface area contributed by atoms with Gasteiger partial charge in [-0.25, -0.2) is 18.6 Å². The van der Waals surface area contributed by atoms with Gasteiger partial charge in [-0.2, -0.15) is 18.3 Å². The van der Waals surface area contributed by atoms with E-state index in [0.29, 0.717) is 62.8 Å². The van der Waals surface area contributed by atoms with Crippen LogP contribution in [0, 0.1) is 18.6 Å². The number of aromatic nitrogens is 4. The van der Waals surface area contributed by atoms with E-state index >= 15 is 8.78 Å². The molecule has 2 aliphatic rings. The van der Waals surface area contributed by atoms with Gasteiger partial charge in [0.2, 0.25) is 5.91 Å². The minimum Gasteiger partial charge on any atom is -0.475 e. The molecule has 2 fully saturated rings. The van der Waals surface area contributed by atoms with Crippen molar-refractivity contribution in [2.24, 2.45) is 7.05 Å². The zero-order valence-electron chi connectivity index (χ0n) is 31.2. The normalized spacial score (nSPS) is 14.7. The maximum absolute atomic E-state index is 15.5. The highest BCUT2D eigenvalue weighted by molar-refractivity contribution is 6.34. The summed E-state index contributed by atoms with van der Waals surface area (Å²) < 4.78 is 70.8. The number of alkyl halides is 3. The Morgan fingerprint density at radius 3 is 2.14 bits per heavy atom. The molecule has 14 nitrogen and oxygen atoms in total. The van der Waals surface area contributed by atoms with Crippen molar-refractivity contribution < 1.29 is 51.0 Å². The van der Waals surface area contributed by atoms with Gasteiger partial charge in [0.15, 0.2) is 17.5 Å². The Kier molecular flexibility index (Phi) is 13.7. The first-order valence-electron chi connectivity index (χ1n) is 17.7. The summed E-state index contributed by atoms with van der Waals surface area (Å²) in [4.78, 5) is 57.9. The van der Waals surface area contributed by atoms with Crippen LogP contribution in [0.4, 0.5) is 27.6 Å². The fourth-order valence-corrected chi connectivity index (χ4v) is 6.72. The van der Waals surface area contributed by atoms with Crippen LogP contribution in [0.15, 0.2) is 42.7 Å². The van der Waals surface area contributed by atoms with Crippen LogP contribution in [0.1, 0.15) is 39.5 Å². The van der Waals surface area contributed by atoms with E-state index in [-0.39, 0.29) is 45.0 Å². The molecule has 4 heterocycles. The highest BCUT2D eigenvalue weighted by Gasteiger charge is 2.38. The van der Waals surface area contributed by atoms with Gasteiger partial charge < -0.3 is 29.5 Å². The van der Waals surface area contributed by atoms with Crippen molar-refractivity contribution in [1.82, 2.24) is 34.0 Å². The van der Waals surface area contributed by atoms with Gasteiger partial charge in [0, 0.05) is 68.4 Å². The van der Waals surface area contributed by atoms with Gasteiger partial charge in [0.1, 0.15) is 0 Å². The van der Waals surface area contributed by atoms with Crippen molar-refractivity contribution in [3.8, 4) is 22.4 Å². The van der Waals surface area contributed by atoms with Crippen LogP contribution in [-0.2, 0) is 27.9 Å². The molecule has 306 valence electrons. The molecule has 0 spiro atoms. The number of carboxylic acids is 1. The van der Waals surface area contributed by atoms with Crippen LogP contribution in [-0.4, -0.2) is 129 Å². The smallest absolute Gasteiger partial charge is 0.475 e. The predicted molar refractivity (Wildman–Crippen MR) is 198 cm³/mol. The molecule has 0 atom stereocenters. The molecule has 0 saturated carbocycles. The largest absolute Gasteiger partial charge is 0.490 e. The molecule has 20 heteroatoms. The molecule has 6 rings (SSSR count). The zero-order valence-corrected chi connectivity index (χ0v) is 32.0. The summed E-state index contributed by atoms with van der Waals surface area (Å²) in [5.41, 5.74) is 1.93. The van der Waals surface area contributed by atoms with Crippen molar-refractivity contribution in [2.45, 2.75) is 32.5 Å². The third-order valence-corrected chi connectivity index (χ3v) is 9.94. The molecule has 0 aliphatic carbocycles. The Balaban J connectivity index is 0.000000811. The second-order valence-electron chi connectivity index (χ2n) is 13.3. The molecule has 3 amide bonds. The summed E-state index contributed by atoms with van der Waals surface area (Å²) in [5.74, 6) is -5.71. The van der Waals surface area contributed by atoms with E-state index in [0.717, 1.165) is 25.9 Å². The lowest BCUT2D eigenvalue weighted by molar-refractivity contribution is -0.192. The van der Waals surface area contributed by atoms with Crippen LogP contribution < -0.4 is 5.32 Å². The number of ether oxygens (including phenoxy) is 1. The van der Waals surface area contributed by atoms with Crippen LogP contribution in [0.2, 0.25) is 5.02 Å². The standard InChI is InChI=1S/C35H39ClF2N8O4.C2HF3O2/c1-22-27(19-40-46(22)16-17-50-3)24-8-9-26(32(38)31(24)37)29-20-39-33(42(29)2)34(48)41-23-6-7-25(28(36)18-23)35(49)45-14-12-44(13-15-45)30(47)21-43-10-4-5-11-43;3-2(4,5)1(6)7/h6-9,18-20H,4-5,10-17,21H2,1-3H3,(H,41,48);(H,6,7). The van der Waals surface area contributed by atoms with Crippen molar-refractivity contribution in [3.05, 3.63) is 76.5 Å². The summed E-state index contributed by atoms with van der Waals surface area (Å²) in [7, 11) is 3.10. The average molecular weight is 823 g/mol. The number of benzene rings is 2. The van der Waals surface area contributed by atoms with Crippen molar-refractivity contribution in [1.29, 1.82) is 0 Å². The number of nitrogens with one attached hydrogen (secondary N) is 1. The molecule has 2 aromatic heterocycles. The lowest BCUT2D eigenvalue weighted by Gasteiger charge is -2.35. The van der Waals surface area contributed by atoms with Gasteiger partial charge >= 0.3 is 12.1 Å². The van der Waals surface area contributed by atoms with Gasteiger partial charge in [-0.3, -0.25) is 24.0 Å². The number of carbonyl (C=O) groups is 4. The maximum atomic E-state index is 15.5. The van der Waals surface area contributed by atoms with E-state index in [9.17, 15) is 27.6 Å². The number of hydrogen-bond donors (Lipinski definition) is 2. The molecule has 57 heavy (non-hydrogen) atoms. The SMILES string of the molecule is COCCn1ncc(-c2ccc(-c3cnc(C(=O)Nc4ccc(C(=O)N5CCN(C(=O)CN6CCCC6)CC5)c(Cl)c4)n3C)c(F)c2F)c1C.O=C(O)C(F)(F)F. The first-order valence-corrected chi connectivity index (χ1v) is 18.1. The number of rotatable bonds is 10. The van der Waals surface area contributed by atoms with Gasteiger partial charge in [0.25, 0.3) is 11.8 Å². The van der Waals surface area contributed by atoms with Crippen molar-refractivity contribution >= 4 is 41.0 Å². The Morgan fingerprint density at radius 2 is 1.53 bits per heavy atom. The fraction of sp³-hybridized carbons (Fsp3) is 0.405. The van der Waals surface area contributed by atoms with Gasteiger partial charge in [-0.05, 0) is 57.1 Å². The van der Waals surface area contributed by atoms with Crippen molar-refractivity contribution in [3.63, 3.8) is 0 Å². The molecule has 0 radical (unpaired) electrons. The second-order valence-corrected chi connectivity index (χ2v) is 13.7. The predicted octanol–water partition coefficient (Wildman–Crippen LogP) is 5.10. The second kappa shape index (κ2) is 18.2. The number of nitrogens with zero attached hydrogens (tertiary/aromatic N) is 7. The lowest BCUT2D eigenvalue weighted by atomic mass is 10.0.